The summed E-state index contributed by atoms with van der Waals surface area (Å²) in [6, 6.07) is 7.66. The minimum Gasteiger partial charge on any atom is -0.375 e. The van der Waals surface area contributed by atoms with Gasteiger partial charge in [-0.05, 0) is 37.1 Å². The molecule has 0 aromatic heterocycles. The molecule has 1 N–H and O–H groups in total. The van der Waals surface area contributed by atoms with Gasteiger partial charge in [0, 0.05) is 25.0 Å². The summed E-state index contributed by atoms with van der Waals surface area (Å²) in [5.74, 6) is -0.534. The van der Waals surface area contributed by atoms with Crippen LogP contribution in [-0.4, -0.2) is 39.4 Å². The third-order valence-electron chi connectivity index (χ3n) is 4.03. The Morgan fingerprint density at radius 2 is 2.00 bits per heavy atom. The molecule has 0 radical (unpaired) electrons. The molecule has 0 saturated carbocycles. The highest BCUT2D eigenvalue weighted by atomic mass is 32.2. The third-order valence-corrected chi connectivity index (χ3v) is 5.79. The molecular formula is C16H24N2O3S. The Labute approximate surface area is 132 Å². The van der Waals surface area contributed by atoms with E-state index >= 15 is 0 Å². The summed E-state index contributed by atoms with van der Waals surface area (Å²) in [6.07, 6.45) is 2.72. The smallest absolute Gasteiger partial charge is 0.228 e. The largest absolute Gasteiger partial charge is 0.375 e. The van der Waals surface area contributed by atoms with Crippen LogP contribution in [0.1, 0.15) is 26.2 Å². The average molecular weight is 324 g/mol. The number of nitrogens with zero attached hydrogens (tertiary/aromatic N) is 1. The Hall–Kier alpha value is -1.56. The van der Waals surface area contributed by atoms with Crippen molar-refractivity contribution in [3.05, 3.63) is 24.3 Å². The molecule has 22 heavy (non-hydrogen) atoms. The fourth-order valence-electron chi connectivity index (χ4n) is 2.57. The fraction of sp³-hybridized carbons (Fsp3) is 0.562. The Balaban J connectivity index is 1.92. The number of unbranched alkanes of at least 4 members (excludes halogenated alkanes) is 1. The van der Waals surface area contributed by atoms with Crippen LogP contribution in [0.5, 0.6) is 0 Å². The first-order valence-corrected chi connectivity index (χ1v) is 9.56. The summed E-state index contributed by atoms with van der Waals surface area (Å²) < 4.78 is 22.8. The molecule has 1 heterocycles. The molecule has 1 aromatic rings. The van der Waals surface area contributed by atoms with Crippen molar-refractivity contribution < 1.29 is 13.2 Å². The zero-order valence-electron chi connectivity index (χ0n) is 13.2. The van der Waals surface area contributed by atoms with Gasteiger partial charge in [-0.3, -0.25) is 4.79 Å². The lowest BCUT2D eigenvalue weighted by molar-refractivity contribution is -0.119. The Morgan fingerprint density at radius 1 is 1.32 bits per heavy atom. The van der Waals surface area contributed by atoms with Crippen molar-refractivity contribution >= 4 is 27.1 Å². The van der Waals surface area contributed by atoms with Gasteiger partial charge in [0.2, 0.25) is 5.91 Å². The van der Waals surface area contributed by atoms with Gasteiger partial charge in [-0.2, -0.15) is 0 Å². The fourth-order valence-corrected chi connectivity index (χ4v) is 4.31. The minimum absolute atomic E-state index is 0.0311. The molecule has 1 aliphatic rings. The van der Waals surface area contributed by atoms with E-state index in [0.29, 0.717) is 12.1 Å². The normalized spacial score (nSPS) is 19.8. The van der Waals surface area contributed by atoms with E-state index in [1.54, 1.807) is 0 Å². The maximum absolute atomic E-state index is 12.1. The standard InChI is InChI=1S/C16H24N2O3S/c1-3-4-10-18(2)15-7-5-14(6-8-15)17-16(19)13-9-11-22(20,21)12-13/h5-8,13H,3-4,9-12H2,1-2H3,(H,17,19)/t13-/m0/s1. The summed E-state index contributed by atoms with van der Waals surface area (Å²) in [5, 5.41) is 2.81. The molecule has 2 rings (SSSR count). The number of carbonyl (C=O) groups is 1. The molecule has 122 valence electrons. The number of hydrogen-bond donors (Lipinski definition) is 1. The second-order valence-corrected chi connectivity index (χ2v) is 8.14. The highest BCUT2D eigenvalue weighted by Crippen LogP contribution is 2.22. The molecule has 0 unspecified atom stereocenters. The molecule has 5 nitrogen and oxygen atoms in total. The van der Waals surface area contributed by atoms with Crippen molar-refractivity contribution in [3.63, 3.8) is 0 Å². The van der Waals surface area contributed by atoms with E-state index in [-0.39, 0.29) is 17.4 Å². The second-order valence-electron chi connectivity index (χ2n) is 5.91. The van der Waals surface area contributed by atoms with Crippen molar-refractivity contribution in [2.24, 2.45) is 5.92 Å². The maximum atomic E-state index is 12.1. The summed E-state index contributed by atoms with van der Waals surface area (Å²) in [5.41, 5.74) is 1.82. The van der Waals surface area contributed by atoms with Crippen molar-refractivity contribution in [2.45, 2.75) is 26.2 Å². The first-order chi connectivity index (χ1) is 10.4. The first kappa shape index (κ1) is 16.8. The summed E-state index contributed by atoms with van der Waals surface area (Å²) in [6.45, 7) is 3.16. The van der Waals surface area contributed by atoms with Crippen LogP contribution in [0.3, 0.4) is 0 Å². The highest BCUT2D eigenvalue weighted by molar-refractivity contribution is 7.91. The van der Waals surface area contributed by atoms with Gasteiger partial charge >= 0.3 is 0 Å². The van der Waals surface area contributed by atoms with E-state index in [2.05, 4.69) is 17.1 Å². The molecule has 1 atom stereocenters. The van der Waals surface area contributed by atoms with Gasteiger partial charge in [0.05, 0.1) is 17.4 Å². The van der Waals surface area contributed by atoms with Crippen LogP contribution in [0.25, 0.3) is 0 Å². The van der Waals surface area contributed by atoms with E-state index in [0.717, 1.165) is 25.1 Å². The van der Waals surface area contributed by atoms with Crippen LogP contribution >= 0.6 is 0 Å². The van der Waals surface area contributed by atoms with Crippen molar-refractivity contribution in [1.29, 1.82) is 0 Å². The molecule has 6 heteroatoms. The molecular weight excluding hydrogens is 300 g/mol. The molecule has 0 spiro atoms. The predicted octanol–water partition coefficient (Wildman–Crippen LogP) is 2.30. The summed E-state index contributed by atoms with van der Waals surface area (Å²) in [4.78, 5) is 14.3. The molecule has 1 amide bonds. The molecule has 0 aliphatic carbocycles. The number of carbonyl (C=O) groups excluding carboxylic acids is 1. The number of rotatable bonds is 6. The first-order valence-electron chi connectivity index (χ1n) is 7.74. The SMILES string of the molecule is CCCCN(C)c1ccc(NC(=O)[C@H]2CCS(=O)(=O)C2)cc1. The Morgan fingerprint density at radius 3 is 2.55 bits per heavy atom. The molecule has 1 aromatic carbocycles. The van der Waals surface area contributed by atoms with Gasteiger partial charge in [-0.15, -0.1) is 0 Å². The van der Waals surface area contributed by atoms with Crippen LogP contribution in [0.15, 0.2) is 24.3 Å². The zero-order valence-corrected chi connectivity index (χ0v) is 14.0. The van der Waals surface area contributed by atoms with Gasteiger partial charge in [-0.25, -0.2) is 8.42 Å². The van der Waals surface area contributed by atoms with Crippen LogP contribution in [0, 0.1) is 5.92 Å². The monoisotopic (exact) mass is 324 g/mol. The molecule has 0 bridgehead atoms. The number of nitrogens with one attached hydrogen (secondary N) is 1. The van der Waals surface area contributed by atoms with Crippen molar-refractivity contribution in [1.82, 2.24) is 0 Å². The van der Waals surface area contributed by atoms with Crippen molar-refractivity contribution in [2.75, 3.05) is 35.3 Å². The number of benzene rings is 1. The number of amides is 1. The zero-order chi connectivity index (χ0) is 16.2. The maximum Gasteiger partial charge on any atom is 0.228 e. The lowest BCUT2D eigenvalue weighted by atomic mass is 10.1. The number of anilines is 2. The second kappa shape index (κ2) is 7.13. The van der Waals surface area contributed by atoms with Crippen LogP contribution in [0.2, 0.25) is 0 Å². The minimum atomic E-state index is -3.03. The average Bonchev–Trinajstić information content (AvgIpc) is 2.86. The lowest BCUT2D eigenvalue weighted by Crippen LogP contribution is -2.23. The van der Waals surface area contributed by atoms with Gasteiger partial charge in [0.1, 0.15) is 0 Å². The van der Waals surface area contributed by atoms with Gasteiger partial charge < -0.3 is 10.2 Å². The topological polar surface area (TPSA) is 66.5 Å². The number of sulfone groups is 1. The molecule has 1 saturated heterocycles. The third kappa shape index (κ3) is 4.47. The molecule has 1 fully saturated rings. The van der Waals surface area contributed by atoms with E-state index < -0.39 is 15.8 Å². The van der Waals surface area contributed by atoms with Crippen LogP contribution in [0.4, 0.5) is 11.4 Å². The van der Waals surface area contributed by atoms with Gasteiger partial charge in [0.25, 0.3) is 0 Å². The van der Waals surface area contributed by atoms with E-state index in [9.17, 15) is 13.2 Å². The number of hydrogen-bond acceptors (Lipinski definition) is 4. The Bertz CT molecular complexity index is 611. The molecule has 1 aliphatic heterocycles. The van der Waals surface area contributed by atoms with E-state index in [1.165, 1.54) is 0 Å². The van der Waals surface area contributed by atoms with Gasteiger partial charge in [-0.1, -0.05) is 13.3 Å². The summed E-state index contributed by atoms with van der Waals surface area (Å²) in [7, 11) is -0.979. The van der Waals surface area contributed by atoms with Crippen molar-refractivity contribution in [3.8, 4) is 0 Å². The summed E-state index contributed by atoms with van der Waals surface area (Å²) >= 11 is 0. The lowest BCUT2D eigenvalue weighted by Gasteiger charge is -2.19. The quantitative estimate of drug-likeness (QED) is 0.872. The van der Waals surface area contributed by atoms with E-state index in [1.807, 2.05) is 31.3 Å². The van der Waals surface area contributed by atoms with Crippen LogP contribution in [-0.2, 0) is 14.6 Å². The van der Waals surface area contributed by atoms with Crippen LogP contribution < -0.4 is 10.2 Å². The van der Waals surface area contributed by atoms with E-state index in [4.69, 9.17) is 0 Å². The predicted molar refractivity (Wildman–Crippen MR) is 90.0 cm³/mol. The van der Waals surface area contributed by atoms with Gasteiger partial charge in [0.15, 0.2) is 9.84 Å². The Kier molecular flexibility index (Phi) is 5.45. The highest BCUT2D eigenvalue weighted by Gasteiger charge is 2.32.